The molecule has 2 rings (SSSR count). The van der Waals surface area contributed by atoms with E-state index in [1.165, 1.54) is 14.2 Å². The first-order valence-electron chi connectivity index (χ1n) is 6.55. The van der Waals surface area contributed by atoms with Crippen molar-refractivity contribution < 1.29 is 19.1 Å². The van der Waals surface area contributed by atoms with Crippen molar-refractivity contribution in [3.63, 3.8) is 0 Å². The molecule has 0 radical (unpaired) electrons. The van der Waals surface area contributed by atoms with Gasteiger partial charge in [0.15, 0.2) is 5.71 Å². The second-order valence-corrected chi connectivity index (χ2v) is 4.39. The van der Waals surface area contributed by atoms with Gasteiger partial charge in [0.2, 0.25) is 5.88 Å². The molecule has 0 N–H and O–H groups in total. The number of hydrogen-bond acceptors (Lipinski definition) is 6. The average molecular weight is 300 g/mol. The van der Waals surface area contributed by atoms with E-state index in [1.54, 1.807) is 24.4 Å². The second kappa shape index (κ2) is 7.21. The van der Waals surface area contributed by atoms with Gasteiger partial charge >= 0.3 is 5.97 Å². The van der Waals surface area contributed by atoms with E-state index in [4.69, 9.17) is 14.3 Å². The number of aryl methyl sites for hydroxylation is 1. The van der Waals surface area contributed by atoms with E-state index in [0.29, 0.717) is 11.3 Å². The Hall–Kier alpha value is -2.89. The Kier molecular flexibility index (Phi) is 5.08. The fourth-order valence-corrected chi connectivity index (χ4v) is 1.83. The van der Waals surface area contributed by atoms with E-state index < -0.39 is 5.97 Å². The van der Waals surface area contributed by atoms with Crippen molar-refractivity contribution in [2.75, 3.05) is 14.2 Å². The van der Waals surface area contributed by atoms with Gasteiger partial charge in [-0.1, -0.05) is 17.3 Å². The third kappa shape index (κ3) is 3.60. The highest BCUT2D eigenvalue weighted by Gasteiger charge is 2.21. The maximum absolute atomic E-state index is 11.8. The molecule has 0 fully saturated rings. The van der Waals surface area contributed by atoms with Crippen LogP contribution >= 0.6 is 0 Å². The number of hydrogen-bond donors (Lipinski definition) is 0. The van der Waals surface area contributed by atoms with Gasteiger partial charge in [0.25, 0.3) is 0 Å². The van der Waals surface area contributed by atoms with Crippen LogP contribution in [-0.4, -0.2) is 30.9 Å². The quantitative estimate of drug-likeness (QED) is 0.482. The highest BCUT2D eigenvalue weighted by atomic mass is 16.6. The zero-order valence-electron chi connectivity index (χ0n) is 12.6. The molecule has 0 spiro atoms. The molecular weight excluding hydrogens is 284 g/mol. The summed E-state index contributed by atoms with van der Waals surface area (Å²) in [5.74, 6) is 0.222. The standard InChI is InChI=1S/C16H16N2O4/c1-11-6-4-7-12(10-11)22-15-13(8-5-9-17-15)14(18-21-3)16(19)20-2/h4-10H,1-3H3. The number of esters is 1. The van der Waals surface area contributed by atoms with Crippen molar-refractivity contribution in [1.82, 2.24) is 4.98 Å². The molecule has 6 nitrogen and oxygen atoms in total. The minimum absolute atomic E-state index is 0.0132. The molecule has 0 aliphatic heterocycles. The first-order valence-corrected chi connectivity index (χ1v) is 6.55. The average Bonchev–Trinajstić information content (AvgIpc) is 2.53. The van der Waals surface area contributed by atoms with Crippen LogP contribution in [0.25, 0.3) is 0 Å². The van der Waals surface area contributed by atoms with Crippen LogP contribution in [0.1, 0.15) is 11.1 Å². The number of oxime groups is 1. The molecule has 2 aromatic rings. The van der Waals surface area contributed by atoms with Crippen molar-refractivity contribution in [1.29, 1.82) is 0 Å². The number of methoxy groups -OCH3 is 1. The highest BCUT2D eigenvalue weighted by Crippen LogP contribution is 2.24. The number of aromatic nitrogens is 1. The topological polar surface area (TPSA) is 70.0 Å². The fourth-order valence-electron chi connectivity index (χ4n) is 1.83. The molecule has 0 atom stereocenters. The predicted molar refractivity (Wildman–Crippen MR) is 81.1 cm³/mol. The molecule has 114 valence electrons. The number of rotatable bonds is 5. The Balaban J connectivity index is 2.41. The summed E-state index contributed by atoms with van der Waals surface area (Å²) >= 11 is 0. The lowest BCUT2D eigenvalue weighted by Gasteiger charge is -2.10. The summed E-state index contributed by atoms with van der Waals surface area (Å²) in [4.78, 5) is 20.7. The normalized spacial score (nSPS) is 11.0. The van der Waals surface area contributed by atoms with Crippen molar-refractivity contribution in [2.45, 2.75) is 6.92 Å². The van der Waals surface area contributed by atoms with Gasteiger partial charge in [0.05, 0.1) is 12.7 Å². The van der Waals surface area contributed by atoms with Crippen molar-refractivity contribution in [3.8, 4) is 11.6 Å². The maximum atomic E-state index is 11.8. The summed E-state index contributed by atoms with van der Waals surface area (Å²) in [5.41, 5.74) is 1.42. The van der Waals surface area contributed by atoms with Gasteiger partial charge in [0.1, 0.15) is 12.9 Å². The Morgan fingerprint density at radius 1 is 1.18 bits per heavy atom. The molecule has 0 unspecified atom stereocenters. The monoisotopic (exact) mass is 300 g/mol. The van der Waals surface area contributed by atoms with Gasteiger partial charge in [-0.05, 0) is 36.8 Å². The van der Waals surface area contributed by atoms with Crippen molar-refractivity contribution >= 4 is 11.7 Å². The van der Waals surface area contributed by atoms with E-state index in [1.807, 2.05) is 25.1 Å². The number of carbonyl (C=O) groups is 1. The lowest BCUT2D eigenvalue weighted by molar-refractivity contribution is -0.132. The molecule has 1 heterocycles. The number of nitrogens with zero attached hydrogens (tertiary/aromatic N) is 2. The molecule has 0 saturated carbocycles. The van der Waals surface area contributed by atoms with Crippen LogP contribution in [0.4, 0.5) is 0 Å². The minimum Gasteiger partial charge on any atom is -0.464 e. The summed E-state index contributed by atoms with van der Waals surface area (Å²) in [5, 5.41) is 3.71. The predicted octanol–water partition coefficient (Wildman–Crippen LogP) is 2.71. The van der Waals surface area contributed by atoms with Crippen LogP contribution < -0.4 is 4.74 Å². The van der Waals surface area contributed by atoms with E-state index >= 15 is 0 Å². The number of carbonyl (C=O) groups excluding carboxylic acids is 1. The smallest absolute Gasteiger partial charge is 0.360 e. The molecule has 1 aromatic carbocycles. The van der Waals surface area contributed by atoms with E-state index in [2.05, 4.69) is 10.1 Å². The summed E-state index contributed by atoms with van der Waals surface area (Å²) in [7, 11) is 2.62. The van der Waals surface area contributed by atoms with Crippen LogP contribution in [0.15, 0.2) is 47.8 Å². The molecule has 0 saturated heterocycles. The van der Waals surface area contributed by atoms with Gasteiger partial charge in [-0.3, -0.25) is 0 Å². The maximum Gasteiger partial charge on any atom is 0.360 e. The first kappa shape index (κ1) is 15.5. The van der Waals surface area contributed by atoms with E-state index in [0.717, 1.165) is 5.56 Å². The lowest BCUT2D eigenvalue weighted by Crippen LogP contribution is -2.18. The van der Waals surface area contributed by atoms with Crippen LogP contribution in [0, 0.1) is 6.92 Å². The lowest BCUT2D eigenvalue weighted by atomic mass is 10.1. The first-order chi connectivity index (χ1) is 10.7. The van der Waals surface area contributed by atoms with Crippen LogP contribution in [0.2, 0.25) is 0 Å². The van der Waals surface area contributed by atoms with Gasteiger partial charge in [-0.25, -0.2) is 9.78 Å². The molecule has 6 heteroatoms. The van der Waals surface area contributed by atoms with Crippen molar-refractivity contribution in [3.05, 3.63) is 53.7 Å². The van der Waals surface area contributed by atoms with Gasteiger partial charge in [-0.2, -0.15) is 0 Å². The molecule has 1 aromatic heterocycles. The number of ether oxygens (including phenoxy) is 2. The second-order valence-electron chi connectivity index (χ2n) is 4.39. The fraction of sp³-hybridized carbons (Fsp3) is 0.188. The third-order valence-corrected chi connectivity index (χ3v) is 2.79. The van der Waals surface area contributed by atoms with Crippen LogP contribution in [-0.2, 0) is 14.4 Å². The zero-order valence-corrected chi connectivity index (χ0v) is 12.6. The molecule has 0 aliphatic rings. The number of benzene rings is 1. The third-order valence-electron chi connectivity index (χ3n) is 2.79. The summed E-state index contributed by atoms with van der Waals surface area (Å²) in [6.07, 6.45) is 1.57. The highest BCUT2D eigenvalue weighted by molar-refractivity contribution is 6.43. The Morgan fingerprint density at radius 3 is 2.68 bits per heavy atom. The molecule has 22 heavy (non-hydrogen) atoms. The molecular formula is C16H16N2O4. The van der Waals surface area contributed by atoms with Gasteiger partial charge < -0.3 is 14.3 Å². The molecule has 0 bridgehead atoms. The summed E-state index contributed by atoms with van der Waals surface area (Å²) in [6, 6.07) is 10.8. The minimum atomic E-state index is -0.635. The Bertz CT molecular complexity index is 698. The van der Waals surface area contributed by atoms with Gasteiger partial charge in [-0.15, -0.1) is 0 Å². The van der Waals surface area contributed by atoms with Crippen LogP contribution in [0.5, 0.6) is 11.6 Å². The van der Waals surface area contributed by atoms with E-state index in [-0.39, 0.29) is 11.6 Å². The Labute approximate surface area is 128 Å². The SMILES string of the molecule is CON=C(C(=O)OC)c1cccnc1Oc1cccc(C)c1. The summed E-state index contributed by atoms with van der Waals surface area (Å²) < 4.78 is 10.5. The van der Waals surface area contributed by atoms with Crippen molar-refractivity contribution in [2.24, 2.45) is 5.16 Å². The zero-order chi connectivity index (χ0) is 15.9. The van der Waals surface area contributed by atoms with Gasteiger partial charge in [0, 0.05) is 6.20 Å². The van der Waals surface area contributed by atoms with Crippen LogP contribution in [0.3, 0.4) is 0 Å². The number of pyridine rings is 1. The molecule has 0 amide bonds. The molecule has 0 aliphatic carbocycles. The Morgan fingerprint density at radius 2 is 2.00 bits per heavy atom. The summed E-state index contributed by atoms with van der Waals surface area (Å²) in [6.45, 7) is 1.96. The van der Waals surface area contributed by atoms with E-state index in [9.17, 15) is 4.79 Å². The largest absolute Gasteiger partial charge is 0.464 e.